The SMILES string of the molecule is CC1(NC(=O)CCc2ccc(OC(F)F)cc2)CCCCC1C(=O)O. The molecule has 1 saturated carbocycles. The predicted octanol–water partition coefficient (Wildman–Crippen LogP) is 3.37. The molecule has 138 valence electrons. The van der Waals surface area contributed by atoms with Crippen molar-refractivity contribution in [2.75, 3.05) is 0 Å². The maximum atomic E-state index is 12.2. The predicted molar refractivity (Wildman–Crippen MR) is 87.5 cm³/mol. The zero-order valence-corrected chi connectivity index (χ0v) is 14.1. The summed E-state index contributed by atoms with van der Waals surface area (Å²) >= 11 is 0. The molecule has 2 unspecified atom stereocenters. The fourth-order valence-electron chi connectivity index (χ4n) is 3.36. The highest BCUT2D eigenvalue weighted by molar-refractivity contribution is 5.79. The number of rotatable bonds is 7. The molecular weight excluding hydrogens is 332 g/mol. The van der Waals surface area contributed by atoms with Crippen LogP contribution in [0.15, 0.2) is 24.3 Å². The summed E-state index contributed by atoms with van der Waals surface area (Å²) in [6.07, 6.45) is 3.61. The fraction of sp³-hybridized carbons (Fsp3) is 0.556. The van der Waals surface area contributed by atoms with Gasteiger partial charge in [-0.25, -0.2) is 0 Å². The van der Waals surface area contributed by atoms with Gasteiger partial charge in [-0.2, -0.15) is 8.78 Å². The number of carbonyl (C=O) groups is 2. The quantitative estimate of drug-likeness (QED) is 0.786. The van der Waals surface area contributed by atoms with Gasteiger partial charge in [0.25, 0.3) is 0 Å². The number of benzene rings is 1. The minimum atomic E-state index is -2.87. The third kappa shape index (κ3) is 5.41. The first-order valence-corrected chi connectivity index (χ1v) is 8.38. The number of amides is 1. The lowest BCUT2D eigenvalue weighted by atomic mass is 9.74. The van der Waals surface area contributed by atoms with Crippen molar-refractivity contribution in [3.63, 3.8) is 0 Å². The van der Waals surface area contributed by atoms with E-state index in [9.17, 15) is 23.5 Å². The Bertz CT molecular complexity index is 606. The Morgan fingerprint density at radius 2 is 2.00 bits per heavy atom. The molecule has 1 amide bonds. The van der Waals surface area contributed by atoms with Gasteiger partial charge in [0.2, 0.25) is 5.91 Å². The second kappa shape index (κ2) is 8.27. The van der Waals surface area contributed by atoms with Crippen molar-refractivity contribution in [2.45, 2.75) is 57.6 Å². The standard InChI is InChI=1S/C18H23F2NO4/c1-18(11-3-2-4-14(18)16(23)24)21-15(22)10-7-12-5-8-13(9-6-12)25-17(19)20/h5-6,8-9,14,17H,2-4,7,10-11H2,1H3,(H,21,22)(H,23,24). The number of alkyl halides is 2. The van der Waals surface area contributed by atoms with Crippen LogP contribution in [0.4, 0.5) is 8.78 Å². The van der Waals surface area contributed by atoms with Crippen molar-refractivity contribution < 1.29 is 28.2 Å². The lowest BCUT2D eigenvalue weighted by Gasteiger charge is -2.39. The van der Waals surface area contributed by atoms with Crippen LogP contribution in [0.2, 0.25) is 0 Å². The first kappa shape index (κ1) is 19.1. The number of aryl methyl sites for hydroxylation is 1. The fourth-order valence-corrected chi connectivity index (χ4v) is 3.36. The zero-order valence-electron chi connectivity index (χ0n) is 14.1. The second-order valence-electron chi connectivity index (χ2n) is 6.62. The van der Waals surface area contributed by atoms with E-state index in [-0.39, 0.29) is 18.1 Å². The van der Waals surface area contributed by atoms with Gasteiger partial charge in [0.1, 0.15) is 5.75 Å². The van der Waals surface area contributed by atoms with E-state index >= 15 is 0 Å². The number of carboxylic acid groups (broad SMARTS) is 1. The Morgan fingerprint density at radius 1 is 1.32 bits per heavy atom. The van der Waals surface area contributed by atoms with Gasteiger partial charge in [-0.05, 0) is 43.9 Å². The van der Waals surface area contributed by atoms with Gasteiger partial charge >= 0.3 is 12.6 Å². The molecule has 1 aromatic carbocycles. The van der Waals surface area contributed by atoms with E-state index in [1.807, 2.05) is 0 Å². The number of ether oxygens (including phenoxy) is 1. The summed E-state index contributed by atoms with van der Waals surface area (Å²) in [5.74, 6) is -1.58. The van der Waals surface area contributed by atoms with Crippen LogP contribution in [0.1, 0.15) is 44.6 Å². The molecule has 0 saturated heterocycles. The summed E-state index contributed by atoms with van der Waals surface area (Å²) in [4.78, 5) is 23.7. The molecule has 1 aliphatic carbocycles. The zero-order chi connectivity index (χ0) is 18.4. The van der Waals surface area contributed by atoms with Crippen LogP contribution in [-0.4, -0.2) is 29.1 Å². The molecule has 7 heteroatoms. The summed E-state index contributed by atoms with van der Waals surface area (Å²) in [5, 5.41) is 12.3. The van der Waals surface area contributed by atoms with Crippen LogP contribution in [0, 0.1) is 5.92 Å². The van der Waals surface area contributed by atoms with E-state index in [2.05, 4.69) is 10.1 Å². The lowest BCUT2D eigenvalue weighted by Crippen LogP contribution is -2.55. The number of carbonyl (C=O) groups excluding carboxylic acids is 1. The molecule has 1 aromatic rings. The van der Waals surface area contributed by atoms with Crippen LogP contribution >= 0.6 is 0 Å². The number of carboxylic acids is 1. The normalized spacial score (nSPS) is 23.3. The lowest BCUT2D eigenvalue weighted by molar-refractivity contribution is -0.146. The van der Waals surface area contributed by atoms with Crippen molar-refractivity contribution in [3.05, 3.63) is 29.8 Å². The Kier molecular flexibility index (Phi) is 6.33. The summed E-state index contributed by atoms with van der Waals surface area (Å²) in [6, 6.07) is 6.13. The molecule has 2 N–H and O–H groups in total. The Morgan fingerprint density at radius 3 is 2.60 bits per heavy atom. The Balaban J connectivity index is 1.88. The van der Waals surface area contributed by atoms with E-state index in [0.29, 0.717) is 19.3 Å². The van der Waals surface area contributed by atoms with Gasteiger partial charge in [0.15, 0.2) is 0 Å². The molecule has 2 rings (SSSR count). The third-order valence-electron chi connectivity index (χ3n) is 4.72. The van der Waals surface area contributed by atoms with Crippen molar-refractivity contribution in [1.82, 2.24) is 5.32 Å². The molecule has 0 heterocycles. The van der Waals surface area contributed by atoms with Gasteiger partial charge in [0, 0.05) is 6.42 Å². The first-order chi connectivity index (χ1) is 11.8. The molecule has 0 bridgehead atoms. The first-order valence-electron chi connectivity index (χ1n) is 8.38. The molecule has 0 spiro atoms. The third-order valence-corrected chi connectivity index (χ3v) is 4.72. The van der Waals surface area contributed by atoms with Gasteiger partial charge in [-0.15, -0.1) is 0 Å². The van der Waals surface area contributed by atoms with E-state index in [4.69, 9.17) is 0 Å². The van der Waals surface area contributed by atoms with Crippen LogP contribution in [0.25, 0.3) is 0 Å². The molecule has 25 heavy (non-hydrogen) atoms. The minimum Gasteiger partial charge on any atom is -0.481 e. The number of hydrogen-bond donors (Lipinski definition) is 2. The average molecular weight is 355 g/mol. The minimum absolute atomic E-state index is 0.0715. The van der Waals surface area contributed by atoms with Crippen LogP contribution < -0.4 is 10.1 Å². The van der Waals surface area contributed by atoms with E-state index in [1.54, 1.807) is 19.1 Å². The molecule has 0 aliphatic heterocycles. The monoisotopic (exact) mass is 355 g/mol. The smallest absolute Gasteiger partial charge is 0.387 e. The van der Waals surface area contributed by atoms with Gasteiger partial charge in [-0.3, -0.25) is 9.59 Å². The molecule has 5 nitrogen and oxygen atoms in total. The van der Waals surface area contributed by atoms with Crippen LogP contribution in [0.3, 0.4) is 0 Å². The summed E-state index contributed by atoms with van der Waals surface area (Å²) in [5.41, 5.74) is 0.0937. The molecule has 0 radical (unpaired) electrons. The molecule has 0 aromatic heterocycles. The Hall–Kier alpha value is -2.18. The topological polar surface area (TPSA) is 75.6 Å². The Labute approximate surface area is 145 Å². The second-order valence-corrected chi connectivity index (χ2v) is 6.62. The van der Waals surface area contributed by atoms with E-state index in [1.165, 1.54) is 12.1 Å². The van der Waals surface area contributed by atoms with Crippen molar-refractivity contribution >= 4 is 11.9 Å². The number of halogens is 2. The van der Waals surface area contributed by atoms with Crippen LogP contribution in [-0.2, 0) is 16.0 Å². The highest BCUT2D eigenvalue weighted by Gasteiger charge is 2.41. The van der Waals surface area contributed by atoms with E-state index in [0.717, 1.165) is 18.4 Å². The number of nitrogens with one attached hydrogen (secondary N) is 1. The maximum Gasteiger partial charge on any atom is 0.387 e. The summed E-state index contributed by atoms with van der Waals surface area (Å²) in [6.45, 7) is -1.07. The summed E-state index contributed by atoms with van der Waals surface area (Å²) < 4.78 is 28.5. The number of hydrogen-bond acceptors (Lipinski definition) is 3. The maximum absolute atomic E-state index is 12.2. The van der Waals surface area contributed by atoms with Crippen molar-refractivity contribution in [1.29, 1.82) is 0 Å². The highest BCUT2D eigenvalue weighted by atomic mass is 19.3. The van der Waals surface area contributed by atoms with Crippen molar-refractivity contribution in [3.8, 4) is 5.75 Å². The highest BCUT2D eigenvalue weighted by Crippen LogP contribution is 2.34. The van der Waals surface area contributed by atoms with Gasteiger partial charge in [0.05, 0.1) is 11.5 Å². The van der Waals surface area contributed by atoms with E-state index < -0.39 is 24.0 Å². The van der Waals surface area contributed by atoms with Crippen LogP contribution in [0.5, 0.6) is 5.75 Å². The number of aliphatic carboxylic acids is 1. The van der Waals surface area contributed by atoms with Crippen molar-refractivity contribution in [2.24, 2.45) is 5.92 Å². The van der Waals surface area contributed by atoms with Gasteiger partial charge in [-0.1, -0.05) is 25.0 Å². The molecule has 1 fully saturated rings. The summed E-state index contributed by atoms with van der Waals surface area (Å²) in [7, 11) is 0. The average Bonchev–Trinajstić information content (AvgIpc) is 2.53. The molecular formula is C18H23F2NO4. The molecule has 1 aliphatic rings. The van der Waals surface area contributed by atoms with Gasteiger partial charge < -0.3 is 15.2 Å². The molecule has 2 atom stereocenters. The largest absolute Gasteiger partial charge is 0.481 e.